The van der Waals surface area contributed by atoms with Crippen LogP contribution in [0.1, 0.15) is 103 Å². The zero-order chi connectivity index (χ0) is 35.5. The van der Waals surface area contributed by atoms with Gasteiger partial charge in [-0.1, -0.05) is 106 Å². The van der Waals surface area contributed by atoms with Crippen LogP contribution in [0.5, 0.6) is 0 Å². The average Bonchev–Trinajstić information content (AvgIpc) is 3.79. The van der Waals surface area contributed by atoms with E-state index in [-0.39, 0.29) is 97.5 Å². The molecule has 0 bridgehead atoms. The van der Waals surface area contributed by atoms with Crippen molar-refractivity contribution in [3.63, 3.8) is 0 Å². The van der Waals surface area contributed by atoms with Crippen LogP contribution in [-0.4, -0.2) is 3.71 Å². The molecule has 2 aliphatic carbocycles. The van der Waals surface area contributed by atoms with Crippen molar-refractivity contribution in [3.8, 4) is 0 Å². The maximum Gasteiger partial charge on any atom is 2.00 e. The molecule has 0 fully saturated rings. The summed E-state index contributed by atoms with van der Waals surface area (Å²) < 4.78 is 2.09. The first-order chi connectivity index (χ1) is 21.8. The van der Waals surface area contributed by atoms with E-state index in [1.165, 1.54) is 68.1 Å². The zero-order valence-electron chi connectivity index (χ0n) is 33.9. The minimum atomic E-state index is 0. The summed E-state index contributed by atoms with van der Waals surface area (Å²) in [5.74, 6) is 0. The molecule has 0 spiro atoms. The van der Waals surface area contributed by atoms with E-state index in [0.717, 1.165) is 12.8 Å². The Morgan fingerprint density at radius 2 is 0.808 bits per heavy atom. The Hall–Kier alpha value is -0.584. The zero-order valence-corrected chi connectivity index (χ0v) is 42.0. The molecule has 0 nitrogen and oxygen atoms in total. The van der Waals surface area contributed by atoms with E-state index >= 15 is 0 Å². The molecule has 2 aliphatic rings. The van der Waals surface area contributed by atoms with E-state index in [9.17, 15) is 0 Å². The van der Waals surface area contributed by atoms with Crippen LogP contribution in [0.2, 0.25) is 0 Å². The molecule has 0 saturated heterocycles. The standard InChI is InChI=1S/2C13H21.2C9H7.C2H4.4ClH.2Zr/c2*1-12(2,3)10-8-7-9-11(10)13(4,5)6;2*1-2-5-9-7-3-6-8(9)4-1;1-2;;;;;;/h2*8H,7H2,1-6H3;2*1-7H;1H,2H3;4*1H;;/q4*-1;;;;;;2*+2. The second-order valence-electron chi connectivity index (χ2n) is 16.3. The van der Waals surface area contributed by atoms with Crippen molar-refractivity contribution in [2.45, 2.75) is 103 Å². The van der Waals surface area contributed by atoms with Gasteiger partial charge in [-0.3, -0.25) is 12.2 Å². The van der Waals surface area contributed by atoms with Crippen LogP contribution in [0, 0.1) is 33.8 Å². The summed E-state index contributed by atoms with van der Waals surface area (Å²) in [7, 11) is 0. The summed E-state index contributed by atoms with van der Waals surface area (Å²) in [6.45, 7) is 29.3. The third-order valence-corrected chi connectivity index (χ3v) is 7.92. The third-order valence-electron chi connectivity index (χ3n) is 7.92. The average molecular weight is 941 g/mol. The largest absolute Gasteiger partial charge is 2.00 e. The van der Waals surface area contributed by atoms with E-state index in [2.05, 4.69) is 196 Å². The van der Waals surface area contributed by atoms with Crippen molar-refractivity contribution in [1.29, 1.82) is 0 Å². The Morgan fingerprint density at radius 3 is 1.04 bits per heavy atom. The van der Waals surface area contributed by atoms with Crippen molar-refractivity contribution >= 4 is 74.9 Å². The Balaban J connectivity index is -0.000000281. The van der Waals surface area contributed by atoms with Gasteiger partial charge in [0.2, 0.25) is 0 Å². The van der Waals surface area contributed by atoms with Crippen LogP contribution >= 0.6 is 49.6 Å². The summed E-state index contributed by atoms with van der Waals surface area (Å²) >= 11 is 1.51. The first-order valence-electron chi connectivity index (χ1n) is 17.1. The minimum Gasteiger partial charge on any atom is -0.168 e. The van der Waals surface area contributed by atoms with Gasteiger partial charge in [-0.25, -0.2) is 11.1 Å². The quantitative estimate of drug-likeness (QED) is 0.154. The summed E-state index contributed by atoms with van der Waals surface area (Å²) in [5.41, 5.74) is 6.84. The fourth-order valence-corrected chi connectivity index (χ4v) is 5.75. The Bertz CT molecular complexity index is 1450. The number of halogens is 4. The third kappa shape index (κ3) is 19.3. The molecular weight excluding hydrogens is 877 g/mol. The molecule has 0 aromatic heterocycles. The summed E-state index contributed by atoms with van der Waals surface area (Å²) in [5, 5.41) is 5.32. The molecule has 0 N–H and O–H groups in total. The van der Waals surface area contributed by atoms with Crippen LogP contribution in [0.15, 0.2) is 119 Å². The van der Waals surface area contributed by atoms with E-state index in [1.54, 1.807) is 0 Å². The fraction of sp³-hybridized carbons (Fsp3) is 0.413. The van der Waals surface area contributed by atoms with E-state index < -0.39 is 0 Å². The molecule has 52 heavy (non-hydrogen) atoms. The summed E-state index contributed by atoms with van der Waals surface area (Å²) in [6.07, 6.45) is 13.6. The molecule has 6 rings (SSSR count). The fourth-order valence-electron chi connectivity index (χ4n) is 5.75. The number of fused-ring (bicyclic) bond motifs is 2. The number of rotatable bonds is 0. The molecule has 0 heterocycles. The molecule has 0 unspecified atom stereocenters. The van der Waals surface area contributed by atoms with Gasteiger partial charge in [-0.2, -0.15) is 58.3 Å². The van der Waals surface area contributed by atoms with Crippen LogP contribution in [0.4, 0.5) is 0 Å². The maximum atomic E-state index is 3.48. The number of allylic oxidation sites excluding steroid dienone is 8. The molecule has 284 valence electrons. The normalized spacial score (nSPS) is 13.1. The second kappa shape index (κ2) is 26.3. The first-order valence-corrected chi connectivity index (χ1v) is 18.5. The van der Waals surface area contributed by atoms with Gasteiger partial charge in [-0.15, -0.1) is 122 Å². The van der Waals surface area contributed by atoms with Gasteiger partial charge in [0.05, 0.1) is 0 Å². The molecule has 0 radical (unpaired) electrons. The topological polar surface area (TPSA) is 0 Å². The van der Waals surface area contributed by atoms with E-state index in [1.807, 2.05) is 6.92 Å². The van der Waals surface area contributed by atoms with Crippen LogP contribution in [0.25, 0.3) is 21.5 Å². The van der Waals surface area contributed by atoms with Gasteiger partial charge >= 0.3 is 61.1 Å². The molecule has 0 saturated carbocycles. The molecule has 0 atom stereocenters. The SMILES string of the molecule is CC(C)(C)C1=[C-]CC=C1C(C)(C)C.CC(C)(C)C1=[C-]CC=C1C(C)(C)C.C[CH]=[Zr+2].Cl.Cl.Cl.Cl.[Zr+2].c1ccc2[cH-]ccc2c1.c1ccc2[cH-]ccc2c1. The van der Waals surface area contributed by atoms with Gasteiger partial charge in [0, 0.05) is 0 Å². The molecule has 0 aliphatic heterocycles. The van der Waals surface area contributed by atoms with Gasteiger partial charge < -0.3 is 0 Å². The second-order valence-corrected chi connectivity index (χ2v) is 17.8. The van der Waals surface area contributed by atoms with Crippen molar-refractivity contribution < 1.29 is 50.4 Å². The van der Waals surface area contributed by atoms with Crippen LogP contribution in [-0.2, 0) is 50.4 Å². The van der Waals surface area contributed by atoms with Crippen LogP contribution < -0.4 is 0 Å². The van der Waals surface area contributed by atoms with E-state index in [0.29, 0.717) is 0 Å². The smallest absolute Gasteiger partial charge is 0.168 e. The van der Waals surface area contributed by atoms with Crippen molar-refractivity contribution in [2.24, 2.45) is 21.7 Å². The monoisotopic (exact) mass is 936 g/mol. The number of hydrogen-bond donors (Lipinski definition) is 0. The van der Waals surface area contributed by atoms with Crippen molar-refractivity contribution in [2.75, 3.05) is 0 Å². The Labute approximate surface area is 377 Å². The Kier molecular flexibility index (Phi) is 29.4. The molecule has 4 aromatic rings. The maximum absolute atomic E-state index is 3.48. The Morgan fingerprint density at radius 1 is 0.519 bits per heavy atom. The van der Waals surface area contributed by atoms with Gasteiger partial charge in [0.1, 0.15) is 0 Å². The number of hydrogen-bond acceptors (Lipinski definition) is 0. The number of benzene rings is 2. The molecule has 0 amide bonds. The molecular formula is C46H64Cl4Zr2. The molecule has 6 heteroatoms. The van der Waals surface area contributed by atoms with Gasteiger partial charge in [0.15, 0.2) is 0 Å². The predicted molar refractivity (Wildman–Crippen MR) is 237 cm³/mol. The minimum absolute atomic E-state index is 0. The molecule has 4 aromatic carbocycles. The van der Waals surface area contributed by atoms with Crippen molar-refractivity contribution in [1.82, 2.24) is 0 Å². The van der Waals surface area contributed by atoms with Gasteiger partial charge in [0.25, 0.3) is 0 Å². The predicted octanol–water partition coefficient (Wildman–Crippen LogP) is 15.4. The first kappa shape index (κ1) is 58.1. The summed E-state index contributed by atoms with van der Waals surface area (Å²) in [6, 6.07) is 29.3. The van der Waals surface area contributed by atoms with Crippen LogP contribution in [0.3, 0.4) is 0 Å². The summed E-state index contributed by atoms with van der Waals surface area (Å²) in [4.78, 5) is 0. The van der Waals surface area contributed by atoms with E-state index in [4.69, 9.17) is 0 Å². The van der Waals surface area contributed by atoms with Gasteiger partial charge in [-0.05, 0) is 10.8 Å². The van der Waals surface area contributed by atoms with Crippen molar-refractivity contribution in [3.05, 3.63) is 132 Å².